The van der Waals surface area contributed by atoms with Gasteiger partial charge in [0.2, 0.25) is 5.91 Å². The summed E-state index contributed by atoms with van der Waals surface area (Å²) in [7, 11) is 0. The van der Waals surface area contributed by atoms with Gasteiger partial charge in [-0.1, -0.05) is 44.9 Å². The van der Waals surface area contributed by atoms with Crippen LogP contribution in [0, 0.1) is 5.92 Å². The molecule has 150 valence electrons. The minimum absolute atomic E-state index is 0.0830. The first-order chi connectivity index (χ1) is 13.0. The standard InChI is InChI=1S/C22H35N3O2/c1-4-17(2)20(24-21(26)19-12-6-5-7-13-19)22(27)23-14-10-16-25-15-9-8-11-18(25)3/h5-7,12-13,17-18,20H,4,8-11,14-16H2,1-3H3,(H,23,27)(H,24,26). The average molecular weight is 374 g/mol. The Bertz CT molecular complexity index is 590. The largest absolute Gasteiger partial charge is 0.354 e. The van der Waals surface area contributed by atoms with Gasteiger partial charge in [0, 0.05) is 24.7 Å². The number of nitrogens with zero attached hydrogens (tertiary/aromatic N) is 1. The van der Waals surface area contributed by atoms with Gasteiger partial charge in [-0.3, -0.25) is 9.59 Å². The minimum Gasteiger partial charge on any atom is -0.354 e. The normalized spacial score (nSPS) is 19.9. The van der Waals surface area contributed by atoms with Gasteiger partial charge in [-0.05, 0) is 50.8 Å². The Morgan fingerprint density at radius 3 is 2.63 bits per heavy atom. The van der Waals surface area contributed by atoms with Crippen molar-refractivity contribution in [3.05, 3.63) is 35.9 Å². The summed E-state index contributed by atoms with van der Waals surface area (Å²) < 4.78 is 0. The van der Waals surface area contributed by atoms with E-state index in [2.05, 4.69) is 22.5 Å². The number of likely N-dealkylation sites (tertiary alicyclic amines) is 1. The third-order valence-corrected chi connectivity index (χ3v) is 5.68. The van der Waals surface area contributed by atoms with Gasteiger partial charge in [0.15, 0.2) is 0 Å². The van der Waals surface area contributed by atoms with Crippen molar-refractivity contribution in [2.24, 2.45) is 5.92 Å². The molecular formula is C22H35N3O2. The summed E-state index contributed by atoms with van der Waals surface area (Å²) in [6.07, 6.45) is 5.65. The molecular weight excluding hydrogens is 338 g/mol. The lowest BCUT2D eigenvalue weighted by Gasteiger charge is -2.33. The molecule has 5 nitrogen and oxygen atoms in total. The lowest BCUT2D eigenvalue weighted by molar-refractivity contribution is -0.124. The van der Waals surface area contributed by atoms with Gasteiger partial charge in [-0.25, -0.2) is 0 Å². The Hall–Kier alpha value is -1.88. The number of hydrogen-bond acceptors (Lipinski definition) is 3. The Morgan fingerprint density at radius 2 is 1.96 bits per heavy atom. The van der Waals surface area contributed by atoms with E-state index in [4.69, 9.17) is 0 Å². The van der Waals surface area contributed by atoms with Crippen molar-refractivity contribution >= 4 is 11.8 Å². The van der Waals surface area contributed by atoms with E-state index in [9.17, 15) is 9.59 Å². The number of carbonyl (C=O) groups excluding carboxylic acids is 2. The Labute approximate surface area is 163 Å². The number of piperidine rings is 1. The Kier molecular flexibility index (Phi) is 8.79. The summed E-state index contributed by atoms with van der Waals surface area (Å²) in [5, 5.41) is 5.95. The van der Waals surface area contributed by atoms with E-state index >= 15 is 0 Å². The molecule has 3 atom stereocenters. The molecule has 5 heteroatoms. The quantitative estimate of drug-likeness (QED) is 0.654. The number of rotatable bonds is 9. The molecule has 1 aliphatic rings. The van der Waals surface area contributed by atoms with Gasteiger partial charge in [0.05, 0.1) is 0 Å². The van der Waals surface area contributed by atoms with E-state index < -0.39 is 6.04 Å². The Morgan fingerprint density at radius 1 is 1.22 bits per heavy atom. The zero-order valence-electron chi connectivity index (χ0n) is 17.0. The maximum Gasteiger partial charge on any atom is 0.251 e. The van der Waals surface area contributed by atoms with Crippen LogP contribution in [0.3, 0.4) is 0 Å². The molecule has 2 rings (SSSR count). The highest BCUT2D eigenvalue weighted by Crippen LogP contribution is 2.16. The van der Waals surface area contributed by atoms with E-state index in [1.54, 1.807) is 12.1 Å². The van der Waals surface area contributed by atoms with E-state index in [0.717, 1.165) is 25.9 Å². The van der Waals surface area contributed by atoms with Crippen LogP contribution in [-0.4, -0.2) is 48.4 Å². The SMILES string of the molecule is CCC(C)C(NC(=O)c1ccccc1)C(=O)NCCCN1CCCCC1C. The second-order valence-electron chi connectivity index (χ2n) is 7.73. The molecule has 0 saturated carbocycles. The second kappa shape index (κ2) is 11.1. The smallest absolute Gasteiger partial charge is 0.251 e. The second-order valence-corrected chi connectivity index (χ2v) is 7.73. The van der Waals surface area contributed by atoms with Gasteiger partial charge in [0.1, 0.15) is 6.04 Å². The third kappa shape index (κ3) is 6.65. The number of hydrogen-bond donors (Lipinski definition) is 2. The molecule has 27 heavy (non-hydrogen) atoms. The lowest BCUT2D eigenvalue weighted by atomic mass is 9.97. The van der Waals surface area contributed by atoms with Crippen LogP contribution < -0.4 is 10.6 Å². The van der Waals surface area contributed by atoms with Crippen molar-refractivity contribution < 1.29 is 9.59 Å². The zero-order chi connectivity index (χ0) is 19.6. The molecule has 1 fully saturated rings. The number of carbonyl (C=O) groups is 2. The van der Waals surface area contributed by atoms with Crippen LogP contribution in [0.1, 0.15) is 63.2 Å². The van der Waals surface area contributed by atoms with Gasteiger partial charge in [0.25, 0.3) is 5.91 Å². The highest BCUT2D eigenvalue weighted by molar-refractivity contribution is 5.97. The summed E-state index contributed by atoms with van der Waals surface area (Å²) in [6, 6.07) is 9.20. The van der Waals surface area contributed by atoms with Crippen LogP contribution in [-0.2, 0) is 4.79 Å². The van der Waals surface area contributed by atoms with Crippen LogP contribution in [0.5, 0.6) is 0 Å². The van der Waals surface area contributed by atoms with Gasteiger partial charge in [-0.2, -0.15) is 0 Å². The monoisotopic (exact) mass is 373 g/mol. The molecule has 0 aliphatic carbocycles. The Balaban J connectivity index is 1.82. The first-order valence-corrected chi connectivity index (χ1v) is 10.4. The summed E-state index contributed by atoms with van der Waals surface area (Å²) >= 11 is 0. The van der Waals surface area contributed by atoms with Crippen LogP contribution in [0.4, 0.5) is 0 Å². The molecule has 0 bridgehead atoms. The first-order valence-electron chi connectivity index (χ1n) is 10.4. The molecule has 1 aromatic rings. The predicted molar refractivity (Wildman–Crippen MR) is 110 cm³/mol. The molecule has 0 aromatic heterocycles. The molecule has 1 saturated heterocycles. The summed E-state index contributed by atoms with van der Waals surface area (Å²) in [4.78, 5) is 27.7. The van der Waals surface area contributed by atoms with Crippen molar-refractivity contribution in [1.29, 1.82) is 0 Å². The van der Waals surface area contributed by atoms with Crippen molar-refractivity contribution in [1.82, 2.24) is 15.5 Å². The van der Waals surface area contributed by atoms with Crippen LogP contribution >= 0.6 is 0 Å². The van der Waals surface area contributed by atoms with Crippen LogP contribution in [0.2, 0.25) is 0 Å². The minimum atomic E-state index is -0.503. The maximum atomic E-state index is 12.7. The number of amides is 2. The van der Waals surface area contributed by atoms with E-state index in [-0.39, 0.29) is 17.7 Å². The highest BCUT2D eigenvalue weighted by Gasteiger charge is 2.26. The highest BCUT2D eigenvalue weighted by atomic mass is 16.2. The molecule has 3 unspecified atom stereocenters. The fraction of sp³-hybridized carbons (Fsp3) is 0.636. The fourth-order valence-electron chi connectivity index (χ4n) is 3.61. The average Bonchev–Trinajstić information content (AvgIpc) is 2.70. The molecule has 2 N–H and O–H groups in total. The summed E-state index contributed by atoms with van der Waals surface area (Å²) in [5.41, 5.74) is 0.581. The van der Waals surface area contributed by atoms with Gasteiger partial charge < -0.3 is 15.5 Å². The molecule has 0 spiro atoms. The van der Waals surface area contributed by atoms with Gasteiger partial charge in [-0.15, -0.1) is 0 Å². The third-order valence-electron chi connectivity index (χ3n) is 5.68. The molecule has 2 amide bonds. The zero-order valence-corrected chi connectivity index (χ0v) is 17.0. The fourth-order valence-corrected chi connectivity index (χ4v) is 3.61. The maximum absolute atomic E-state index is 12.7. The van der Waals surface area contributed by atoms with E-state index in [1.165, 1.54) is 19.3 Å². The number of nitrogens with one attached hydrogen (secondary N) is 2. The van der Waals surface area contributed by atoms with Crippen LogP contribution in [0.25, 0.3) is 0 Å². The molecule has 1 aliphatic heterocycles. The topological polar surface area (TPSA) is 61.4 Å². The van der Waals surface area contributed by atoms with Crippen LogP contribution in [0.15, 0.2) is 30.3 Å². The van der Waals surface area contributed by atoms with Crippen molar-refractivity contribution in [2.75, 3.05) is 19.6 Å². The van der Waals surface area contributed by atoms with Crippen molar-refractivity contribution in [2.45, 2.75) is 65.0 Å². The number of benzene rings is 1. The predicted octanol–water partition coefficient (Wildman–Crippen LogP) is 3.21. The van der Waals surface area contributed by atoms with Crippen molar-refractivity contribution in [3.63, 3.8) is 0 Å². The van der Waals surface area contributed by atoms with Crippen molar-refractivity contribution in [3.8, 4) is 0 Å². The first kappa shape index (κ1) is 21.4. The molecule has 1 aromatic carbocycles. The van der Waals surface area contributed by atoms with E-state index in [0.29, 0.717) is 18.2 Å². The van der Waals surface area contributed by atoms with E-state index in [1.807, 2.05) is 32.0 Å². The lowest BCUT2D eigenvalue weighted by Crippen LogP contribution is -2.50. The summed E-state index contributed by atoms with van der Waals surface area (Å²) in [5.74, 6) is -0.196. The summed E-state index contributed by atoms with van der Waals surface area (Å²) in [6.45, 7) is 9.16. The van der Waals surface area contributed by atoms with Gasteiger partial charge >= 0.3 is 0 Å². The molecule has 1 heterocycles. The molecule has 0 radical (unpaired) electrons.